The summed E-state index contributed by atoms with van der Waals surface area (Å²) in [5, 5.41) is 0. The van der Waals surface area contributed by atoms with Crippen molar-refractivity contribution < 1.29 is 9.47 Å². The number of nitrogens with two attached hydrogens (primary N) is 1. The van der Waals surface area contributed by atoms with Gasteiger partial charge in [0.05, 0.1) is 28.9 Å². The van der Waals surface area contributed by atoms with E-state index in [2.05, 4.69) is 5.43 Å². The fourth-order valence-electron chi connectivity index (χ4n) is 1.95. The van der Waals surface area contributed by atoms with Crippen LogP contribution in [0.5, 0.6) is 11.5 Å². The molecule has 2 aromatic rings. The van der Waals surface area contributed by atoms with Crippen LogP contribution in [-0.2, 0) is 0 Å². The van der Waals surface area contributed by atoms with Crippen molar-refractivity contribution in [2.24, 2.45) is 5.84 Å². The van der Waals surface area contributed by atoms with E-state index in [1.165, 1.54) is 11.3 Å². The summed E-state index contributed by atoms with van der Waals surface area (Å²) in [6.45, 7) is 0. The van der Waals surface area contributed by atoms with Crippen LogP contribution in [-0.4, -0.2) is 14.2 Å². The first-order valence-corrected chi connectivity index (χ1v) is 7.30. The number of hydrogen-bond acceptors (Lipinski definition) is 5. The van der Waals surface area contributed by atoms with Crippen molar-refractivity contribution in [3.63, 3.8) is 0 Å². The molecule has 1 atom stereocenters. The van der Waals surface area contributed by atoms with Crippen LogP contribution in [0.2, 0.25) is 8.67 Å². The summed E-state index contributed by atoms with van der Waals surface area (Å²) in [5.74, 6) is 6.94. The lowest BCUT2D eigenvalue weighted by Gasteiger charge is -2.17. The summed E-state index contributed by atoms with van der Waals surface area (Å²) in [6, 6.07) is 7.10. The zero-order valence-electron chi connectivity index (χ0n) is 10.9. The molecule has 7 heteroatoms. The molecule has 0 bridgehead atoms. The van der Waals surface area contributed by atoms with E-state index in [1.807, 2.05) is 18.2 Å². The monoisotopic (exact) mass is 332 g/mol. The molecule has 3 N–H and O–H groups in total. The standard InChI is InChI=1S/C13H14Cl2N2O2S/c1-18-9-4-3-7(5-10(9)19-2)12(17-16)8-6-11(14)20-13(8)15/h3-6,12,17H,16H2,1-2H3. The summed E-state index contributed by atoms with van der Waals surface area (Å²) >= 11 is 13.5. The molecule has 0 aliphatic rings. The van der Waals surface area contributed by atoms with Gasteiger partial charge in [-0.05, 0) is 23.8 Å². The molecule has 0 spiro atoms. The number of thiophene rings is 1. The smallest absolute Gasteiger partial charge is 0.161 e. The highest BCUT2D eigenvalue weighted by Gasteiger charge is 2.20. The maximum Gasteiger partial charge on any atom is 0.161 e. The van der Waals surface area contributed by atoms with Gasteiger partial charge in [0.1, 0.15) is 0 Å². The van der Waals surface area contributed by atoms with Gasteiger partial charge in [0.2, 0.25) is 0 Å². The number of rotatable bonds is 5. The molecule has 1 aromatic carbocycles. The number of ether oxygens (including phenoxy) is 2. The van der Waals surface area contributed by atoms with Gasteiger partial charge in [-0.15, -0.1) is 11.3 Å². The Balaban J connectivity index is 2.44. The Morgan fingerprint density at radius 2 is 1.85 bits per heavy atom. The summed E-state index contributed by atoms with van der Waals surface area (Å²) in [5.41, 5.74) is 4.48. The molecule has 0 radical (unpaired) electrons. The highest BCUT2D eigenvalue weighted by molar-refractivity contribution is 7.20. The van der Waals surface area contributed by atoms with Crippen molar-refractivity contribution in [3.05, 3.63) is 44.1 Å². The van der Waals surface area contributed by atoms with Gasteiger partial charge in [0, 0.05) is 5.56 Å². The molecular weight excluding hydrogens is 319 g/mol. The summed E-state index contributed by atoms with van der Waals surface area (Å²) in [7, 11) is 3.17. The molecule has 2 rings (SSSR count). The Bertz CT molecular complexity index is 604. The Morgan fingerprint density at radius 3 is 2.35 bits per heavy atom. The highest BCUT2D eigenvalue weighted by Crippen LogP contribution is 2.39. The SMILES string of the molecule is COc1ccc(C(NN)c2cc(Cl)sc2Cl)cc1OC. The van der Waals surface area contributed by atoms with Crippen LogP contribution in [0, 0.1) is 0 Å². The molecule has 1 heterocycles. The molecule has 1 unspecified atom stereocenters. The average Bonchev–Trinajstić information content (AvgIpc) is 2.78. The predicted molar refractivity (Wildman–Crippen MR) is 83.1 cm³/mol. The zero-order chi connectivity index (χ0) is 14.7. The lowest BCUT2D eigenvalue weighted by Crippen LogP contribution is -2.28. The molecule has 0 fully saturated rings. The van der Waals surface area contributed by atoms with Crippen molar-refractivity contribution in [3.8, 4) is 11.5 Å². The van der Waals surface area contributed by atoms with Crippen LogP contribution >= 0.6 is 34.5 Å². The Kier molecular flexibility index (Phi) is 5.12. The minimum Gasteiger partial charge on any atom is -0.493 e. The van der Waals surface area contributed by atoms with Crippen molar-refractivity contribution >= 4 is 34.5 Å². The van der Waals surface area contributed by atoms with E-state index < -0.39 is 0 Å². The molecule has 0 saturated carbocycles. The number of hydrogen-bond donors (Lipinski definition) is 2. The van der Waals surface area contributed by atoms with Crippen LogP contribution in [0.3, 0.4) is 0 Å². The van der Waals surface area contributed by atoms with Crippen LogP contribution in [0.25, 0.3) is 0 Å². The third-order valence-corrected chi connectivity index (χ3v) is 4.42. The number of nitrogens with one attached hydrogen (secondary N) is 1. The van der Waals surface area contributed by atoms with Crippen LogP contribution in [0.4, 0.5) is 0 Å². The molecule has 0 aliphatic heterocycles. The number of benzene rings is 1. The molecule has 20 heavy (non-hydrogen) atoms. The highest BCUT2D eigenvalue weighted by atomic mass is 35.5. The minimum absolute atomic E-state index is 0.272. The molecule has 0 amide bonds. The molecule has 108 valence electrons. The Morgan fingerprint density at radius 1 is 1.15 bits per heavy atom. The van der Waals surface area contributed by atoms with Crippen molar-refractivity contribution in [1.29, 1.82) is 0 Å². The summed E-state index contributed by atoms with van der Waals surface area (Å²) in [4.78, 5) is 0. The minimum atomic E-state index is -0.272. The predicted octanol–water partition coefficient (Wildman–Crippen LogP) is 3.62. The van der Waals surface area contributed by atoms with Crippen molar-refractivity contribution in [2.75, 3.05) is 14.2 Å². The van der Waals surface area contributed by atoms with Crippen molar-refractivity contribution in [2.45, 2.75) is 6.04 Å². The third-order valence-electron chi connectivity index (χ3n) is 2.90. The lowest BCUT2D eigenvalue weighted by molar-refractivity contribution is 0.354. The quantitative estimate of drug-likeness (QED) is 0.648. The van der Waals surface area contributed by atoms with Gasteiger partial charge in [-0.25, -0.2) is 5.43 Å². The second-order valence-electron chi connectivity index (χ2n) is 3.99. The van der Waals surface area contributed by atoms with E-state index in [0.29, 0.717) is 20.2 Å². The van der Waals surface area contributed by atoms with E-state index >= 15 is 0 Å². The van der Waals surface area contributed by atoms with E-state index in [-0.39, 0.29) is 6.04 Å². The molecule has 4 nitrogen and oxygen atoms in total. The van der Waals surface area contributed by atoms with Gasteiger partial charge < -0.3 is 9.47 Å². The number of methoxy groups -OCH3 is 2. The summed E-state index contributed by atoms with van der Waals surface area (Å²) < 4.78 is 11.7. The Labute approximate surface area is 131 Å². The topological polar surface area (TPSA) is 56.5 Å². The first kappa shape index (κ1) is 15.4. The molecule has 1 aromatic heterocycles. The van der Waals surface area contributed by atoms with Gasteiger partial charge >= 0.3 is 0 Å². The lowest BCUT2D eigenvalue weighted by atomic mass is 10.0. The van der Waals surface area contributed by atoms with Crippen LogP contribution < -0.4 is 20.7 Å². The first-order chi connectivity index (χ1) is 9.60. The average molecular weight is 333 g/mol. The second kappa shape index (κ2) is 6.65. The van der Waals surface area contributed by atoms with Crippen molar-refractivity contribution in [1.82, 2.24) is 5.43 Å². The van der Waals surface area contributed by atoms with Crippen LogP contribution in [0.15, 0.2) is 24.3 Å². The molecule has 0 saturated heterocycles. The van der Waals surface area contributed by atoms with Gasteiger partial charge in [-0.1, -0.05) is 29.3 Å². The maximum absolute atomic E-state index is 6.18. The summed E-state index contributed by atoms with van der Waals surface area (Å²) in [6.07, 6.45) is 0. The number of halogens is 2. The van der Waals surface area contributed by atoms with E-state index in [9.17, 15) is 0 Å². The van der Waals surface area contributed by atoms with E-state index in [1.54, 1.807) is 20.3 Å². The van der Waals surface area contributed by atoms with E-state index in [0.717, 1.165) is 11.1 Å². The molecule has 0 aliphatic carbocycles. The normalized spacial score (nSPS) is 12.2. The fourth-order valence-corrected chi connectivity index (χ4v) is 3.48. The largest absolute Gasteiger partial charge is 0.493 e. The van der Waals surface area contributed by atoms with Gasteiger partial charge in [-0.3, -0.25) is 5.84 Å². The van der Waals surface area contributed by atoms with Crippen LogP contribution in [0.1, 0.15) is 17.2 Å². The number of hydrazine groups is 1. The van der Waals surface area contributed by atoms with E-state index in [4.69, 9.17) is 38.5 Å². The van der Waals surface area contributed by atoms with Gasteiger partial charge in [0.25, 0.3) is 0 Å². The maximum atomic E-state index is 6.18. The Hall–Kier alpha value is -0.980. The van der Waals surface area contributed by atoms with Gasteiger partial charge in [-0.2, -0.15) is 0 Å². The zero-order valence-corrected chi connectivity index (χ0v) is 13.3. The fraction of sp³-hybridized carbons (Fsp3) is 0.231. The molecular formula is C13H14Cl2N2O2S. The van der Waals surface area contributed by atoms with Gasteiger partial charge in [0.15, 0.2) is 11.5 Å². The second-order valence-corrected chi connectivity index (χ2v) is 6.28. The third kappa shape index (κ3) is 3.02. The first-order valence-electron chi connectivity index (χ1n) is 5.73.